The normalized spacial score (nSPS) is 11.0. The molecule has 196 valence electrons. The first-order valence-corrected chi connectivity index (χ1v) is 11.4. The summed E-state index contributed by atoms with van der Waals surface area (Å²) in [4.78, 5) is 49.3. The van der Waals surface area contributed by atoms with Crippen LogP contribution < -0.4 is 9.47 Å². The molecule has 0 heterocycles. The van der Waals surface area contributed by atoms with Crippen molar-refractivity contribution in [3.63, 3.8) is 0 Å². The molecule has 0 fully saturated rings. The zero-order valence-corrected chi connectivity index (χ0v) is 21.2. The Morgan fingerprint density at radius 1 is 1.03 bits per heavy atom. The maximum Gasteiger partial charge on any atom is 0.514 e. The number of nitrogens with zero attached hydrogens (tertiary/aromatic N) is 3. The standard InChI is InChI=1S/C24H31N3O9/c1-7-26(8-2)22(28)18(12-25)9-17-10-19(27(31)32)21(36-24(30)34-14-16(5)6)20(11-17)35-23(29)33-13-15(3)4/h9-11,15-16H,7-8,13-14H2,1-6H3/b18-9+. The zero-order valence-electron chi connectivity index (χ0n) is 21.2. The van der Waals surface area contributed by atoms with E-state index < -0.39 is 40.3 Å². The van der Waals surface area contributed by atoms with Crippen molar-refractivity contribution in [3.05, 3.63) is 33.4 Å². The number of nitro benzene ring substituents is 1. The van der Waals surface area contributed by atoms with E-state index in [1.807, 2.05) is 0 Å². The van der Waals surface area contributed by atoms with Crippen LogP contribution in [0, 0.1) is 33.3 Å². The van der Waals surface area contributed by atoms with Gasteiger partial charge in [-0.25, -0.2) is 9.59 Å². The molecular weight excluding hydrogens is 474 g/mol. The Morgan fingerprint density at radius 2 is 1.56 bits per heavy atom. The molecule has 1 amide bonds. The van der Waals surface area contributed by atoms with Crippen LogP contribution in [0.3, 0.4) is 0 Å². The average molecular weight is 506 g/mol. The smallest absolute Gasteiger partial charge is 0.434 e. The van der Waals surface area contributed by atoms with Crippen LogP contribution >= 0.6 is 0 Å². The molecule has 12 heteroatoms. The molecule has 0 aliphatic heterocycles. The van der Waals surface area contributed by atoms with Gasteiger partial charge in [-0.2, -0.15) is 5.26 Å². The van der Waals surface area contributed by atoms with Gasteiger partial charge in [0.25, 0.3) is 11.7 Å². The third-order valence-electron chi connectivity index (χ3n) is 4.41. The van der Waals surface area contributed by atoms with Gasteiger partial charge in [-0.05, 0) is 43.4 Å². The van der Waals surface area contributed by atoms with Crippen LogP contribution in [0.1, 0.15) is 47.1 Å². The van der Waals surface area contributed by atoms with Gasteiger partial charge in [0.05, 0.1) is 18.1 Å². The topological polar surface area (TPSA) is 158 Å². The molecule has 0 radical (unpaired) electrons. The molecule has 12 nitrogen and oxygen atoms in total. The second kappa shape index (κ2) is 14.3. The lowest BCUT2D eigenvalue weighted by Crippen LogP contribution is -2.31. The SMILES string of the molecule is CCN(CC)C(=O)/C(C#N)=C/c1cc(OC(=O)OCC(C)C)c(OC(=O)OCC(C)C)c([N+](=O)[O-])c1. The fraction of sp³-hybridized carbons (Fsp3) is 0.500. The Bertz CT molecular complexity index is 1040. The molecule has 0 spiro atoms. The van der Waals surface area contributed by atoms with E-state index >= 15 is 0 Å². The van der Waals surface area contributed by atoms with Crippen molar-refractivity contribution in [1.29, 1.82) is 5.26 Å². The third kappa shape index (κ3) is 9.25. The van der Waals surface area contributed by atoms with E-state index in [-0.39, 0.29) is 36.2 Å². The molecule has 36 heavy (non-hydrogen) atoms. The van der Waals surface area contributed by atoms with Crippen molar-refractivity contribution >= 4 is 30.0 Å². The molecular formula is C24H31N3O9. The van der Waals surface area contributed by atoms with Crippen molar-refractivity contribution in [1.82, 2.24) is 4.90 Å². The lowest BCUT2D eigenvalue weighted by molar-refractivity contribution is -0.385. The summed E-state index contributed by atoms with van der Waals surface area (Å²) in [6.07, 6.45) is -1.33. The quantitative estimate of drug-likeness (QED) is 0.103. The van der Waals surface area contributed by atoms with Crippen LogP contribution in [0.5, 0.6) is 11.5 Å². The molecule has 0 atom stereocenters. The van der Waals surface area contributed by atoms with E-state index in [1.54, 1.807) is 47.6 Å². The largest absolute Gasteiger partial charge is 0.514 e. The van der Waals surface area contributed by atoms with Gasteiger partial charge in [0.2, 0.25) is 0 Å². The highest BCUT2D eigenvalue weighted by Gasteiger charge is 2.28. The number of likely N-dealkylation sites (N-methyl/N-ethyl adjacent to an activating group) is 1. The van der Waals surface area contributed by atoms with E-state index in [1.165, 1.54) is 4.90 Å². The average Bonchev–Trinajstić information content (AvgIpc) is 2.81. The number of amides is 1. The molecule has 0 saturated carbocycles. The molecule has 1 rings (SSSR count). The summed E-state index contributed by atoms with van der Waals surface area (Å²) >= 11 is 0. The number of benzene rings is 1. The number of rotatable bonds is 11. The van der Waals surface area contributed by atoms with E-state index in [9.17, 15) is 29.8 Å². The van der Waals surface area contributed by atoms with Gasteiger partial charge in [-0.15, -0.1) is 0 Å². The van der Waals surface area contributed by atoms with Gasteiger partial charge in [-0.3, -0.25) is 14.9 Å². The van der Waals surface area contributed by atoms with Crippen LogP contribution in [0.2, 0.25) is 0 Å². The van der Waals surface area contributed by atoms with Gasteiger partial charge < -0.3 is 23.8 Å². The second-order valence-corrected chi connectivity index (χ2v) is 8.39. The lowest BCUT2D eigenvalue weighted by Gasteiger charge is -2.17. The Hall–Kier alpha value is -4.14. The maximum absolute atomic E-state index is 12.6. The van der Waals surface area contributed by atoms with E-state index in [0.29, 0.717) is 13.1 Å². The molecule has 0 bridgehead atoms. The lowest BCUT2D eigenvalue weighted by atomic mass is 10.1. The molecule has 1 aromatic carbocycles. The molecule has 0 N–H and O–H groups in total. The number of hydrogen-bond donors (Lipinski definition) is 0. The van der Waals surface area contributed by atoms with Crippen LogP contribution in [0.25, 0.3) is 6.08 Å². The first-order valence-electron chi connectivity index (χ1n) is 11.4. The van der Waals surface area contributed by atoms with Gasteiger partial charge in [-0.1, -0.05) is 27.7 Å². The highest BCUT2D eigenvalue weighted by Crippen LogP contribution is 2.39. The highest BCUT2D eigenvalue weighted by molar-refractivity contribution is 6.01. The Morgan fingerprint density at radius 3 is 2.00 bits per heavy atom. The van der Waals surface area contributed by atoms with Crippen molar-refractivity contribution < 1.29 is 38.3 Å². The van der Waals surface area contributed by atoms with Crippen molar-refractivity contribution in [2.75, 3.05) is 26.3 Å². The number of ether oxygens (including phenoxy) is 4. The van der Waals surface area contributed by atoms with Crippen LogP contribution in [-0.2, 0) is 14.3 Å². The number of nitro groups is 1. The number of carbonyl (C=O) groups excluding carboxylic acids is 3. The monoisotopic (exact) mass is 505 g/mol. The highest BCUT2D eigenvalue weighted by atomic mass is 16.7. The molecule has 0 saturated heterocycles. The number of nitriles is 1. The molecule has 0 aromatic heterocycles. The van der Waals surface area contributed by atoms with Crippen LogP contribution in [0.15, 0.2) is 17.7 Å². The summed E-state index contributed by atoms with van der Waals surface area (Å²) in [5.74, 6) is -1.86. The van der Waals surface area contributed by atoms with Crippen molar-refractivity contribution in [2.24, 2.45) is 11.8 Å². The molecule has 1 aromatic rings. The summed E-state index contributed by atoms with van der Waals surface area (Å²) in [5.41, 5.74) is -1.08. The first kappa shape index (κ1) is 29.9. The van der Waals surface area contributed by atoms with E-state index in [0.717, 1.165) is 18.2 Å². The summed E-state index contributed by atoms with van der Waals surface area (Å²) in [7, 11) is 0. The van der Waals surface area contributed by atoms with Gasteiger partial charge in [0, 0.05) is 19.2 Å². The van der Waals surface area contributed by atoms with Gasteiger partial charge >= 0.3 is 18.0 Å². The van der Waals surface area contributed by atoms with Crippen molar-refractivity contribution in [2.45, 2.75) is 41.5 Å². The maximum atomic E-state index is 12.6. The Balaban J connectivity index is 3.58. The zero-order chi connectivity index (χ0) is 27.4. The van der Waals surface area contributed by atoms with E-state index in [2.05, 4.69) is 0 Å². The minimum atomic E-state index is -1.25. The minimum absolute atomic E-state index is 0.00406. The molecule has 0 aliphatic carbocycles. The van der Waals surface area contributed by atoms with Crippen LogP contribution in [0.4, 0.5) is 15.3 Å². The second-order valence-electron chi connectivity index (χ2n) is 8.39. The van der Waals surface area contributed by atoms with Gasteiger partial charge in [0.1, 0.15) is 11.6 Å². The minimum Gasteiger partial charge on any atom is -0.434 e. The number of hydrogen-bond acceptors (Lipinski definition) is 10. The first-order chi connectivity index (χ1) is 16.9. The summed E-state index contributed by atoms with van der Waals surface area (Å²) in [6, 6.07) is 3.87. The van der Waals surface area contributed by atoms with Crippen LogP contribution in [-0.4, -0.2) is 54.3 Å². The van der Waals surface area contributed by atoms with Crippen molar-refractivity contribution in [3.8, 4) is 17.6 Å². The predicted octanol–water partition coefficient (Wildman–Crippen LogP) is 4.71. The molecule has 0 unspecified atom stereocenters. The van der Waals surface area contributed by atoms with Gasteiger partial charge in [0.15, 0.2) is 5.75 Å². The summed E-state index contributed by atoms with van der Waals surface area (Å²) in [5, 5.41) is 21.3. The fourth-order valence-corrected chi connectivity index (χ4v) is 2.70. The fourth-order valence-electron chi connectivity index (χ4n) is 2.70. The summed E-state index contributed by atoms with van der Waals surface area (Å²) in [6.45, 7) is 11.3. The van der Waals surface area contributed by atoms with E-state index in [4.69, 9.17) is 18.9 Å². The predicted molar refractivity (Wildman–Crippen MR) is 128 cm³/mol. The summed E-state index contributed by atoms with van der Waals surface area (Å²) < 4.78 is 20.0. The third-order valence-corrected chi connectivity index (χ3v) is 4.41. The Labute approximate surface area is 209 Å². The molecule has 0 aliphatic rings. The number of carbonyl (C=O) groups is 3. The Kier molecular flexibility index (Phi) is 11.9.